The Labute approximate surface area is 221 Å². The molecule has 4 rings (SSSR count). The van der Waals surface area contributed by atoms with Crippen LogP contribution in [0.15, 0.2) is 34.9 Å². The molecule has 1 amide bonds. The molecule has 3 N–H and O–H groups in total. The molecule has 1 saturated carbocycles. The van der Waals surface area contributed by atoms with E-state index in [1.165, 1.54) is 18.2 Å². The summed E-state index contributed by atoms with van der Waals surface area (Å²) in [6.45, 7) is -1.44. The first-order chi connectivity index (χ1) is 16.7. The van der Waals surface area contributed by atoms with Crippen molar-refractivity contribution < 1.29 is 36.2 Å². The van der Waals surface area contributed by atoms with Crippen LogP contribution < -0.4 is 20.5 Å². The second kappa shape index (κ2) is 12.9. The summed E-state index contributed by atoms with van der Waals surface area (Å²) in [5.74, 6) is -2.13. The van der Waals surface area contributed by atoms with Gasteiger partial charge in [0.05, 0.1) is 31.1 Å². The number of halogens is 6. The fourth-order valence-electron chi connectivity index (χ4n) is 3.19. The summed E-state index contributed by atoms with van der Waals surface area (Å²) in [5, 5.41) is 2.45. The summed E-state index contributed by atoms with van der Waals surface area (Å²) in [6, 6.07) is 4.07. The molecule has 1 aliphatic carbocycles. The van der Waals surface area contributed by atoms with Crippen molar-refractivity contribution in [3.05, 3.63) is 59.2 Å². The minimum Gasteiger partial charge on any atom is -0.489 e. The van der Waals surface area contributed by atoms with Gasteiger partial charge in [0.1, 0.15) is 11.6 Å². The van der Waals surface area contributed by atoms with E-state index in [1.807, 2.05) is 0 Å². The normalized spacial score (nSPS) is 13.4. The minimum atomic E-state index is -3.04. The predicted molar refractivity (Wildman–Crippen MR) is 129 cm³/mol. The topological polar surface area (TPSA) is 113 Å². The SMILES string of the molecule is CC(N)c1oc(-c2ccc(OC(F)F)c(OCC3CC3)c2)nc1C(=O)NCc1ncc(F)cc1F.Cl.Cl. The molecule has 0 saturated heterocycles. The lowest BCUT2D eigenvalue weighted by atomic mass is 10.2. The van der Waals surface area contributed by atoms with Crippen molar-refractivity contribution in [1.29, 1.82) is 0 Å². The standard InChI is InChI=1S/C23H22F4N4O4.2ClH/c1-11(28)20-19(21(32)30-9-16-15(25)7-14(24)8-29-16)31-22(35-20)13-4-5-17(34-23(26)27)18(6-13)33-10-12-2-3-12;;/h4-8,11-12,23H,2-3,9-10,28H2,1H3,(H,30,32);2*1H. The highest BCUT2D eigenvalue weighted by atomic mass is 35.5. The van der Waals surface area contributed by atoms with E-state index in [1.54, 1.807) is 6.92 Å². The van der Waals surface area contributed by atoms with Gasteiger partial charge in [-0.3, -0.25) is 9.78 Å². The highest BCUT2D eigenvalue weighted by Crippen LogP contribution is 2.37. The maximum atomic E-state index is 13.8. The number of pyridine rings is 1. The van der Waals surface area contributed by atoms with Gasteiger partial charge in [-0.2, -0.15) is 8.78 Å². The summed E-state index contributed by atoms with van der Waals surface area (Å²) in [6.07, 6.45) is 2.83. The van der Waals surface area contributed by atoms with Crippen LogP contribution in [0.5, 0.6) is 11.5 Å². The number of amides is 1. The van der Waals surface area contributed by atoms with Crippen molar-refractivity contribution in [2.45, 2.75) is 39.0 Å². The van der Waals surface area contributed by atoms with Gasteiger partial charge in [-0.05, 0) is 43.9 Å². The molecule has 2 heterocycles. The van der Waals surface area contributed by atoms with E-state index in [0.717, 1.165) is 19.0 Å². The molecular formula is C23H24Cl2F4N4O4. The average Bonchev–Trinajstić information content (AvgIpc) is 3.52. The first-order valence-corrected chi connectivity index (χ1v) is 10.8. The molecule has 1 atom stereocenters. The molecule has 8 nitrogen and oxygen atoms in total. The van der Waals surface area contributed by atoms with Gasteiger partial charge in [0.2, 0.25) is 5.89 Å². The Hall–Kier alpha value is -3.09. The van der Waals surface area contributed by atoms with Crippen LogP contribution in [-0.2, 0) is 6.54 Å². The average molecular weight is 567 g/mol. The van der Waals surface area contributed by atoms with Gasteiger partial charge in [-0.15, -0.1) is 24.8 Å². The Kier molecular flexibility index (Phi) is 10.5. The van der Waals surface area contributed by atoms with Gasteiger partial charge in [0.25, 0.3) is 5.91 Å². The maximum Gasteiger partial charge on any atom is 0.387 e. The van der Waals surface area contributed by atoms with Crippen LogP contribution in [0.1, 0.15) is 47.7 Å². The van der Waals surface area contributed by atoms with Gasteiger partial charge in [-0.25, -0.2) is 13.8 Å². The number of carbonyl (C=O) groups is 1. The third kappa shape index (κ3) is 7.70. The zero-order valence-corrected chi connectivity index (χ0v) is 21.0. The van der Waals surface area contributed by atoms with E-state index < -0.39 is 30.2 Å². The Morgan fingerprint density at radius 2 is 1.95 bits per heavy atom. The minimum absolute atomic E-state index is 0. The number of aromatic nitrogens is 2. The number of rotatable bonds is 10. The summed E-state index contributed by atoms with van der Waals surface area (Å²) in [7, 11) is 0. The summed E-state index contributed by atoms with van der Waals surface area (Å²) in [4.78, 5) is 20.6. The summed E-state index contributed by atoms with van der Waals surface area (Å²) < 4.78 is 68.4. The van der Waals surface area contributed by atoms with Gasteiger partial charge >= 0.3 is 6.61 Å². The van der Waals surface area contributed by atoms with Crippen LogP contribution in [0, 0.1) is 17.6 Å². The van der Waals surface area contributed by atoms with Gasteiger partial charge < -0.3 is 24.9 Å². The molecule has 1 aromatic carbocycles. The van der Waals surface area contributed by atoms with Crippen LogP contribution in [0.3, 0.4) is 0 Å². The number of oxazole rings is 1. The smallest absolute Gasteiger partial charge is 0.387 e. The summed E-state index contributed by atoms with van der Waals surface area (Å²) >= 11 is 0. The van der Waals surface area contributed by atoms with Crippen LogP contribution in [0.4, 0.5) is 17.6 Å². The van der Waals surface area contributed by atoms with Crippen LogP contribution >= 0.6 is 24.8 Å². The molecule has 3 aromatic rings. The third-order valence-corrected chi connectivity index (χ3v) is 5.16. The number of carbonyl (C=O) groups excluding carboxylic acids is 1. The zero-order valence-electron chi connectivity index (χ0n) is 19.4. The van der Waals surface area contributed by atoms with Crippen LogP contribution in [0.2, 0.25) is 0 Å². The van der Waals surface area contributed by atoms with E-state index in [-0.39, 0.29) is 65.9 Å². The predicted octanol–water partition coefficient (Wildman–Crippen LogP) is 5.20. The van der Waals surface area contributed by atoms with Crippen molar-refractivity contribution in [3.63, 3.8) is 0 Å². The Morgan fingerprint density at radius 3 is 2.57 bits per heavy atom. The number of nitrogens with one attached hydrogen (secondary N) is 1. The first-order valence-electron chi connectivity index (χ1n) is 10.8. The molecule has 0 bridgehead atoms. The monoisotopic (exact) mass is 566 g/mol. The van der Waals surface area contributed by atoms with Crippen molar-refractivity contribution >= 4 is 30.7 Å². The molecular weight excluding hydrogens is 543 g/mol. The molecule has 0 radical (unpaired) electrons. The summed E-state index contributed by atoms with van der Waals surface area (Å²) in [5.41, 5.74) is 5.95. The number of nitrogens with zero attached hydrogens (tertiary/aromatic N) is 2. The van der Waals surface area contributed by atoms with Gasteiger partial charge in [0.15, 0.2) is 23.0 Å². The first kappa shape index (κ1) is 30.1. The van der Waals surface area contributed by atoms with Crippen LogP contribution in [0.25, 0.3) is 11.5 Å². The molecule has 0 aliphatic heterocycles. The highest BCUT2D eigenvalue weighted by molar-refractivity contribution is 5.93. The molecule has 14 heteroatoms. The second-order valence-corrected chi connectivity index (χ2v) is 8.08. The number of benzene rings is 1. The maximum absolute atomic E-state index is 13.8. The molecule has 37 heavy (non-hydrogen) atoms. The Balaban J connectivity index is 0.00000241. The molecule has 0 spiro atoms. The number of hydrogen-bond donors (Lipinski definition) is 2. The number of hydrogen-bond acceptors (Lipinski definition) is 7. The molecule has 1 fully saturated rings. The Morgan fingerprint density at radius 1 is 1.22 bits per heavy atom. The fourth-order valence-corrected chi connectivity index (χ4v) is 3.19. The molecule has 1 unspecified atom stereocenters. The molecule has 202 valence electrons. The molecule has 2 aromatic heterocycles. The molecule has 1 aliphatic rings. The van der Waals surface area contributed by atoms with Crippen molar-refractivity contribution in [3.8, 4) is 23.0 Å². The fraction of sp³-hybridized carbons (Fsp3) is 0.348. The number of alkyl halides is 2. The Bertz CT molecular complexity index is 1230. The highest BCUT2D eigenvalue weighted by Gasteiger charge is 2.26. The van der Waals surface area contributed by atoms with Gasteiger partial charge in [0, 0.05) is 11.6 Å². The van der Waals surface area contributed by atoms with E-state index in [4.69, 9.17) is 14.9 Å². The lowest BCUT2D eigenvalue weighted by molar-refractivity contribution is -0.0515. The van der Waals surface area contributed by atoms with Crippen molar-refractivity contribution in [1.82, 2.24) is 15.3 Å². The van der Waals surface area contributed by atoms with Crippen molar-refractivity contribution in [2.24, 2.45) is 11.7 Å². The third-order valence-electron chi connectivity index (χ3n) is 5.16. The second-order valence-electron chi connectivity index (χ2n) is 8.08. The van der Waals surface area contributed by atoms with E-state index in [9.17, 15) is 22.4 Å². The van der Waals surface area contributed by atoms with Crippen molar-refractivity contribution in [2.75, 3.05) is 6.61 Å². The largest absolute Gasteiger partial charge is 0.489 e. The van der Waals surface area contributed by atoms with Gasteiger partial charge in [-0.1, -0.05) is 0 Å². The lowest BCUT2D eigenvalue weighted by Gasteiger charge is -2.12. The van der Waals surface area contributed by atoms with E-state index >= 15 is 0 Å². The van der Waals surface area contributed by atoms with E-state index in [0.29, 0.717) is 24.2 Å². The quantitative estimate of drug-likeness (QED) is 0.324. The lowest BCUT2D eigenvalue weighted by Crippen LogP contribution is -2.26. The number of ether oxygens (including phenoxy) is 2. The zero-order chi connectivity index (χ0) is 25.1. The number of nitrogens with two attached hydrogens (primary N) is 1. The van der Waals surface area contributed by atoms with Crippen LogP contribution in [-0.4, -0.2) is 29.1 Å². The van der Waals surface area contributed by atoms with E-state index in [2.05, 4.69) is 20.0 Å².